The van der Waals surface area contributed by atoms with Crippen LogP contribution in [0.25, 0.3) is 0 Å². The molecule has 0 aromatic heterocycles. The molecule has 3 aliphatic rings. The second-order valence-electron chi connectivity index (χ2n) is 9.31. The van der Waals surface area contributed by atoms with Gasteiger partial charge in [-0.15, -0.1) is 0 Å². The molecule has 28 heavy (non-hydrogen) atoms. The summed E-state index contributed by atoms with van der Waals surface area (Å²) in [5.74, 6) is -2.84. The lowest BCUT2D eigenvalue weighted by Gasteiger charge is -2.40. The van der Waals surface area contributed by atoms with Crippen LogP contribution in [0.5, 0.6) is 0 Å². The van der Waals surface area contributed by atoms with Crippen LogP contribution in [-0.4, -0.2) is 42.2 Å². The van der Waals surface area contributed by atoms with Gasteiger partial charge in [-0.3, -0.25) is 0 Å². The third-order valence-corrected chi connectivity index (χ3v) is 7.62. The van der Waals surface area contributed by atoms with Crippen LogP contribution in [0.2, 0.25) is 0 Å². The number of alkyl halides is 2. The molecule has 1 aliphatic heterocycles. The van der Waals surface area contributed by atoms with E-state index in [0.717, 1.165) is 37.1 Å². The van der Waals surface area contributed by atoms with Crippen molar-refractivity contribution in [2.45, 2.75) is 56.3 Å². The molecule has 1 N–H and O–H groups in total. The van der Waals surface area contributed by atoms with Gasteiger partial charge < -0.3 is 9.79 Å². The molecule has 4 rings (SSSR count). The van der Waals surface area contributed by atoms with E-state index in [-0.39, 0.29) is 19.3 Å². The van der Waals surface area contributed by atoms with Gasteiger partial charge in [0.15, 0.2) is 0 Å². The van der Waals surface area contributed by atoms with Crippen LogP contribution in [0.3, 0.4) is 0 Å². The quantitative estimate of drug-likeness (QED) is 0.607. The highest BCUT2D eigenvalue weighted by molar-refractivity contribution is 5.83. The largest absolute Gasteiger partial charge is 0.352 e. The van der Waals surface area contributed by atoms with Gasteiger partial charge in [-0.1, -0.05) is 24.3 Å². The first kappa shape index (κ1) is 19.8. The molecule has 1 saturated heterocycles. The van der Waals surface area contributed by atoms with E-state index in [2.05, 4.69) is 16.8 Å². The van der Waals surface area contributed by atoms with Crippen LogP contribution in [0, 0.1) is 17.8 Å². The number of halogens is 2. The van der Waals surface area contributed by atoms with Crippen LogP contribution in [0.1, 0.15) is 56.1 Å². The Kier molecular flexibility index (Phi) is 4.99. The summed E-state index contributed by atoms with van der Waals surface area (Å²) in [7, 11) is 2.14. The van der Waals surface area contributed by atoms with E-state index >= 15 is 0 Å². The van der Waals surface area contributed by atoms with E-state index in [1.807, 2.05) is 24.3 Å². The molecular weight excluding hydrogens is 364 g/mol. The Bertz CT molecular complexity index is 741. The van der Waals surface area contributed by atoms with Gasteiger partial charge in [-0.2, -0.15) is 5.26 Å². The van der Waals surface area contributed by atoms with Crippen molar-refractivity contribution in [3.63, 3.8) is 0 Å². The molecule has 0 spiro atoms. The highest BCUT2D eigenvalue weighted by Gasteiger charge is 2.54. The van der Waals surface area contributed by atoms with E-state index in [0.29, 0.717) is 17.8 Å². The number of hydrogen-bond donors (Lipinski definition) is 1. The Hall–Kier alpha value is -1.53. The van der Waals surface area contributed by atoms with Crippen LogP contribution < -0.4 is 0 Å². The fraction of sp³-hybridized carbons (Fsp3) is 0.682. The highest BCUT2D eigenvalue weighted by atomic mass is 19.3. The van der Waals surface area contributed by atoms with Crippen LogP contribution in [-0.2, 0) is 15.1 Å². The van der Waals surface area contributed by atoms with E-state index in [1.54, 1.807) is 6.92 Å². The summed E-state index contributed by atoms with van der Waals surface area (Å²) >= 11 is 0. The molecule has 1 aromatic rings. The van der Waals surface area contributed by atoms with E-state index < -0.39 is 23.2 Å². The van der Waals surface area contributed by atoms with Gasteiger partial charge in [0.2, 0.25) is 5.92 Å². The second-order valence-corrected chi connectivity index (χ2v) is 9.31. The maximum Gasteiger partial charge on any atom is 0.352 e. The van der Waals surface area contributed by atoms with E-state index in [9.17, 15) is 18.8 Å². The third kappa shape index (κ3) is 3.14. The molecule has 1 aromatic carbocycles. The zero-order valence-electron chi connectivity index (χ0n) is 16.5. The zero-order chi connectivity index (χ0) is 20.1. The molecule has 4 unspecified atom stereocenters. The predicted octanol–water partition coefficient (Wildman–Crippen LogP) is 4.45. The Morgan fingerprint density at radius 2 is 1.86 bits per heavy atom. The fourth-order valence-corrected chi connectivity index (χ4v) is 6.26. The molecule has 0 amide bonds. The Morgan fingerprint density at radius 3 is 2.43 bits per heavy atom. The molecule has 6 heteroatoms. The summed E-state index contributed by atoms with van der Waals surface area (Å²) in [4.78, 5) is 19.3. The van der Waals surface area contributed by atoms with Gasteiger partial charge in [0, 0.05) is 25.9 Å². The molecular formula is C22H29F2NO3. The smallest absolute Gasteiger partial charge is 0.306 e. The lowest BCUT2D eigenvalue weighted by atomic mass is 9.66. The molecule has 2 saturated carbocycles. The van der Waals surface area contributed by atoms with Gasteiger partial charge in [-0.25, -0.2) is 13.6 Å². The predicted molar refractivity (Wildman–Crippen MR) is 101 cm³/mol. The van der Waals surface area contributed by atoms with E-state index in [4.69, 9.17) is 0 Å². The number of likely N-dealkylation sites (tertiary alicyclic amines) is 1. The number of carbonyl (C=O) groups is 1. The molecule has 4 atom stereocenters. The van der Waals surface area contributed by atoms with Crippen molar-refractivity contribution in [1.82, 2.24) is 4.90 Å². The highest BCUT2D eigenvalue weighted by Crippen LogP contribution is 2.54. The summed E-state index contributed by atoms with van der Waals surface area (Å²) in [6, 6.07) is 7.74. The number of nitrogens with zero attached hydrogens (tertiary/aromatic N) is 1. The fourth-order valence-electron chi connectivity index (χ4n) is 6.26. The topological polar surface area (TPSA) is 49.8 Å². The summed E-state index contributed by atoms with van der Waals surface area (Å²) in [6.07, 6.45) is 1.96. The first-order valence-electron chi connectivity index (χ1n) is 10.3. The Balaban J connectivity index is 1.78. The van der Waals surface area contributed by atoms with Crippen molar-refractivity contribution < 1.29 is 23.7 Å². The monoisotopic (exact) mass is 393 g/mol. The van der Waals surface area contributed by atoms with Crippen molar-refractivity contribution in [3.05, 3.63) is 35.4 Å². The summed E-state index contributed by atoms with van der Waals surface area (Å²) in [5.41, 5.74) is 0.544. The third-order valence-electron chi connectivity index (χ3n) is 7.62. The lowest BCUT2D eigenvalue weighted by Crippen LogP contribution is -2.44. The Morgan fingerprint density at radius 1 is 1.21 bits per heavy atom. The molecule has 0 radical (unpaired) electrons. The Labute approximate surface area is 164 Å². The molecule has 2 bridgehead atoms. The number of piperidine rings is 1. The SMILES string of the molecule is CN1CC2CCC(C1)C2c1ccccc1C(C)(C(=O)OO)C1CCC(F)(F)C1. The zero-order valence-corrected chi connectivity index (χ0v) is 16.5. The standard InChI is InChI=1S/C22H29F2NO3/c1-21(20(26)28-27,16-9-10-22(23,24)11-16)18-6-4-3-5-17(18)19-14-7-8-15(19)13-25(2)12-14/h3-6,14-16,19,27H,7-13H2,1-2H3. The van der Waals surface area contributed by atoms with Gasteiger partial charge in [0.05, 0.1) is 5.41 Å². The normalized spacial score (nSPS) is 34.2. The maximum atomic E-state index is 14.0. The number of fused-ring (bicyclic) bond motifs is 2. The molecule has 1 heterocycles. The van der Waals surface area contributed by atoms with Gasteiger partial charge in [0.25, 0.3) is 0 Å². The molecule has 3 fully saturated rings. The van der Waals surface area contributed by atoms with Crippen molar-refractivity contribution in [2.24, 2.45) is 17.8 Å². The maximum absolute atomic E-state index is 14.0. The van der Waals surface area contributed by atoms with Crippen LogP contribution in [0.4, 0.5) is 8.78 Å². The average molecular weight is 393 g/mol. The average Bonchev–Trinajstić information content (AvgIpc) is 3.17. The minimum absolute atomic E-state index is 0.229. The number of hydrogen-bond acceptors (Lipinski definition) is 4. The number of benzene rings is 1. The van der Waals surface area contributed by atoms with Crippen molar-refractivity contribution in [1.29, 1.82) is 0 Å². The first-order valence-corrected chi connectivity index (χ1v) is 10.3. The van der Waals surface area contributed by atoms with Crippen molar-refractivity contribution >= 4 is 5.97 Å². The van der Waals surface area contributed by atoms with Gasteiger partial charge >= 0.3 is 5.97 Å². The second kappa shape index (κ2) is 7.06. The summed E-state index contributed by atoms with van der Waals surface area (Å²) < 4.78 is 28.0. The molecule has 154 valence electrons. The minimum atomic E-state index is -2.77. The molecule has 4 nitrogen and oxygen atoms in total. The van der Waals surface area contributed by atoms with Crippen molar-refractivity contribution in [2.75, 3.05) is 20.1 Å². The van der Waals surface area contributed by atoms with Crippen LogP contribution >= 0.6 is 0 Å². The summed E-state index contributed by atoms with van der Waals surface area (Å²) in [5, 5.41) is 9.23. The number of rotatable bonds is 4. The van der Waals surface area contributed by atoms with Gasteiger partial charge in [-0.05, 0) is 68.0 Å². The summed E-state index contributed by atoms with van der Waals surface area (Å²) in [6.45, 7) is 3.70. The van der Waals surface area contributed by atoms with Gasteiger partial charge in [0.1, 0.15) is 0 Å². The first-order chi connectivity index (χ1) is 13.3. The van der Waals surface area contributed by atoms with E-state index in [1.165, 1.54) is 0 Å². The molecule has 2 aliphatic carbocycles. The lowest BCUT2D eigenvalue weighted by molar-refractivity contribution is -0.242. The number of carbonyl (C=O) groups excluding carboxylic acids is 1. The van der Waals surface area contributed by atoms with Crippen LogP contribution in [0.15, 0.2) is 24.3 Å². The van der Waals surface area contributed by atoms with Crippen molar-refractivity contribution in [3.8, 4) is 0 Å². The minimum Gasteiger partial charge on any atom is -0.306 e.